The van der Waals surface area contributed by atoms with E-state index in [0.717, 1.165) is 18.4 Å². The van der Waals surface area contributed by atoms with Crippen molar-refractivity contribution in [2.45, 2.75) is 45.6 Å². The van der Waals surface area contributed by atoms with Crippen molar-refractivity contribution in [3.63, 3.8) is 0 Å². The second-order valence-corrected chi connectivity index (χ2v) is 4.61. The smallest absolute Gasteiger partial charge is 0.0885 e. The summed E-state index contributed by atoms with van der Waals surface area (Å²) in [6.07, 6.45) is 6.61. The summed E-state index contributed by atoms with van der Waals surface area (Å²) >= 11 is 0. The molecule has 0 spiro atoms. The SMILES string of the molecule is CCCC(C)CC(C)(O)c1cccnc1. The fourth-order valence-corrected chi connectivity index (χ4v) is 2.07. The minimum absolute atomic E-state index is 0.546. The van der Waals surface area contributed by atoms with Crippen molar-refractivity contribution < 1.29 is 5.11 Å². The van der Waals surface area contributed by atoms with Crippen molar-refractivity contribution in [2.24, 2.45) is 5.92 Å². The minimum atomic E-state index is -0.747. The largest absolute Gasteiger partial charge is 0.385 e. The summed E-state index contributed by atoms with van der Waals surface area (Å²) in [6, 6.07) is 3.81. The third kappa shape index (κ3) is 3.63. The number of rotatable bonds is 5. The van der Waals surface area contributed by atoms with E-state index >= 15 is 0 Å². The zero-order valence-electron chi connectivity index (χ0n) is 9.90. The molecule has 2 heteroatoms. The quantitative estimate of drug-likeness (QED) is 0.804. The van der Waals surface area contributed by atoms with Crippen molar-refractivity contribution in [3.8, 4) is 0 Å². The highest BCUT2D eigenvalue weighted by Gasteiger charge is 2.25. The van der Waals surface area contributed by atoms with E-state index in [-0.39, 0.29) is 0 Å². The van der Waals surface area contributed by atoms with Crippen LogP contribution in [0.25, 0.3) is 0 Å². The lowest BCUT2D eigenvalue weighted by molar-refractivity contribution is 0.0308. The molecule has 0 amide bonds. The number of nitrogens with zero attached hydrogens (tertiary/aromatic N) is 1. The van der Waals surface area contributed by atoms with Gasteiger partial charge in [-0.25, -0.2) is 0 Å². The maximum absolute atomic E-state index is 10.3. The van der Waals surface area contributed by atoms with Crippen LogP contribution in [0.3, 0.4) is 0 Å². The second-order valence-electron chi connectivity index (χ2n) is 4.61. The van der Waals surface area contributed by atoms with Crippen LogP contribution >= 0.6 is 0 Å². The van der Waals surface area contributed by atoms with Crippen LogP contribution in [0.2, 0.25) is 0 Å². The average molecular weight is 207 g/mol. The fourth-order valence-electron chi connectivity index (χ4n) is 2.07. The maximum Gasteiger partial charge on any atom is 0.0885 e. The second kappa shape index (κ2) is 5.26. The van der Waals surface area contributed by atoms with Crippen LogP contribution in [0.4, 0.5) is 0 Å². The lowest BCUT2D eigenvalue weighted by Crippen LogP contribution is -2.24. The number of hydrogen-bond acceptors (Lipinski definition) is 2. The molecule has 1 N–H and O–H groups in total. The standard InChI is InChI=1S/C13H21NO/c1-4-6-11(2)9-13(3,15)12-7-5-8-14-10-12/h5,7-8,10-11,15H,4,6,9H2,1-3H3. The Hall–Kier alpha value is -0.890. The summed E-state index contributed by atoms with van der Waals surface area (Å²) in [4.78, 5) is 4.04. The van der Waals surface area contributed by atoms with Gasteiger partial charge in [0.2, 0.25) is 0 Å². The van der Waals surface area contributed by atoms with Gasteiger partial charge in [-0.2, -0.15) is 0 Å². The predicted octanol–water partition coefficient (Wildman–Crippen LogP) is 3.12. The van der Waals surface area contributed by atoms with Crippen LogP contribution in [0, 0.1) is 5.92 Å². The third-order valence-corrected chi connectivity index (χ3v) is 2.81. The highest BCUT2D eigenvalue weighted by atomic mass is 16.3. The number of hydrogen-bond donors (Lipinski definition) is 1. The Balaban J connectivity index is 2.67. The lowest BCUT2D eigenvalue weighted by Gasteiger charge is -2.26. The molecule has 0 fully saturated rings. The highest BCUT2D eigenvalue weighted by molar-refractivity contribution is 5.16. The van der Waals surface area contributed by atoms with Gasteiger partial charge in [0.25, 0.3) is 0 Å². The van der Waals surface area contributed by atoms with Gasteiger partial charge in [-0.3, -0.25) is 4.98 Å². The molecule has 0 aliphatic heterocycles. The molecule has 0 bridgehead atoms. The predicted molar refractivity (Wildman–Crippen MR) is 62.5 cm³/mol. The van der Waals surface area contributed by atoms with Gasteiger partial charge in [-0.05, 0) is 25.3 Å². The van der Waals surface area contributed by atoms with Crippen LogP contribution in [-0.2, 0) is 5.60 Å². The van der Waals surface area contributed by atoms with E-state index in [4.69, 9.17) is 0 Å². The molecule has 2 atom stereocenters. The first-order chi connectivity index (χ1) is 7.06. The number of aliphatic hydroxyl groups is 1. The van der Waals surface area contributed by atoms with Crippen molar-refractivity contribution in [2.75, 3.05) is 0 Å². The Morgan fingerprint density at radius 1 is 1.53 bits per heavy atom. The first kappa shape index (κ1) is 12.2. The zero-order chi connectivity index (χ0) is 11.3. The maximum atomic E-state index is 10.3. The normalized spacial score (nSPS) is 17.1. The van der Waals surface area contributed by atoms with Gasteiger partial charge in [0.15, 0.2) is 0 Å². The summed E-state index contributed by atoms with van der Waals surface area (Å²) in [5, 5.41) is 10.3. The van der Waals surface area contributed by atoms with Gasteiger partial charge in [0.05, 0.1) is 5.60 Å². The summed E-state index contributed by atoms with van der Waals surface area (Å²) in [5.41, 5.74) is 0.163. The first-order valence-corrected chi connectivity index (χ1v) is 5.69. The average Bonchev–Trinajstić information content (AvgIpc) is 2.18. The number of aromatic nitrogens is 1. The van der Waals surface area contributed by atoms with Gasteiger partial charge in [0.1, 0.15) is 0 Å². The molecular weight excluding hydrogens is 186 g/mol. The van der Waals surface area contributed by atoms with E-state index in [1.807, 2.05) is 19.1 Å². The van der Waals surface area contributed by atoms with E-state index in [2.05, 4.69) is 18.8 Å². The van der Waals surface area contributed by atoms with Gasteiger partial charge >= 0.3 is 0 Å². The topological polar surface area (TPSA) is 33.1 Å². The fraction of sp³-hybridized carbons (Fsp3) is 0.615. The zero-order valence-corrected chi connectivity index (χ0v) is 9.90. The van der Waals surface area contributed by atoms with Crippen LogP contribution < -0.4 is 0 Å². The van der Waals surface area contributed by atoms with Crippen LogP contribution in [-0.4, -0.2) is 10.1 Å². The van der Waals surface area contributed by atoms with Gasteiger partial charge in [-0.1, -0.05) is 32.8 Å². The summed E-state index contributed by atoms with van der Waals surface area (Å²) in [7, 11) is 0. The van der Waals surface area contributed by atoms with Crippen LogP contribution in [0.5, 0.6) is 0 Å². The molecule has 2 nitrogen and oxygen atoms in total. The van der Waals surface area contributed by atoms with Crippen molar-refractivity contribution in [1.82, 2.24) is 4.98 Å². The molecule has 0 radical (unpaired) electrons. The van der Waals surface area contributed by atoms with Crippen molar-refractivity contribution >= 4 is 0 Å². The Morgan fingerprint density at radius 2 is 2.27 bits per heavy atom. The molecule has 0 aliphatic rings. The summed E-state index contributed by atoms with van der Waals surface area (Å²) < 4.78 is 0. The highest BCUT2D eigenvalue weighted by Crippen LogP contribution is 2.29. The van der Waals surface area contributed by atoms with E-state index in [0.29, 0.717) is 5.92 Å². The molecule has 1 rings (SSSR count). The van der Waals surface area contributed by atoms with Crippen molar-refractivity contribution in [1.29, 1.82) is 0 Å². The van der Waals surface area contributed by atoms with E-state index < -0.39 is 5.60 Å². The minimum Gasteiger partial charge on any atom is -0.385 e. The van der Waals surface area contributed by atoms with Gasteiger partial charge in [0, 0.05) is 18.0 Å². The van der Waals surface area contributed by atoms with E-state index in [9.17, 15) is 5.11 Å². The van der Waals surface area contributed by atoms with Crippen LogP contribution in [0.1, 0.15) is 45.6 Å². The van der Waals surface area contributed by atoms with Gasteiger partial charge < -0.3 is 5.11 Å². The molecule has 2 unspecified atom stereocenters. The van der Waals surface area contributed by atoms with Crippen molar-refractivity contribution in [3.05, 3.63) is 30.1 Å². The molecule has 0 saturated heterocycles. The molecule has 0 aliphatic carbocycles. The Labute approximate surface area is 92.4 Å². The Morgan fingerprint density at radius 3 is 2.80 bits per heavy atom. The monoisotopic (exact) mass is 207 g/mol. The van der Waals surface area contributed by atoms with E-state index in [1.54, 1.807) is 12.4 Å². The molecule has 0 aromatic carbocycles. The van der Waals surface area contributed by atoms with Gasteiger partial charge in [-0.15, -0.1) is 0 Å². The third-order valence-electron chi connectivity index (χ3n) is 2.81. The van der Waals surface area contributed by atoms with E-state index in [1.165, 1.54) is 6.42 Å². The molecule has 1 aromatic rings. The molecule has 1 aromatic heterocycles. The number of pyridine rings is 1. The molecule has 1 heterocycles. The molecule has 84 valence electrons. The lowest BCUT2D eigenvalue weighted by atomic mass is 9.86. The molecule has 15 heavy (non-hydrogen) atoms. The molecular formula is C13H21NO. The Kier molecular flexibility index (Phi) is 4.28. The summed E-state index contributed by atoms with van der Waals surface area (Å²) in [5.74, 6) is 0.546. The molecule has 0 saturated carbocycles. The van der Waals surface area contributed by atoms with Crippen LogP contribution in [0.15, 0.2) is 24.5 Å². The summed E-state index contributed by atoms with van der Waals surface area (Å²) in [6.45, 7) is 6.24. The Bertz CT molecular complexity index is 282. The first-order valence-electron chi connectivity index (χ1n) is 5.69.